The van der Waals surface area contributed by atoms with Crippen LogP contribution in [0.4, 0.5) is 5.88 Å². The van der Waals surface area contributed by atoms with Gasteiger partial charge in [-0.15, -0.1) is 0 Å². The molecule has 1 fully saturated rings. The normalized spacial score (nSPS) is 14.8. The molecule has 0 unspecified atom stereocenters. The highest BCUT2D eigenvalue weighted by molar-refractivity contribution is 9.10. The van der Waals surface area contributed by atoms with E-state index in [1.807, 2.05) is 30.3 Å². The summed E-state index contributed by atoms with van der Waals surface area (Å²) in [6.45, 7) is 0. The summed E-state index contributed by atoms with van der Waals surface area (Å²) in [6.07, 6.45) is 3.91. The van der Waals surface area contributed by atoms with E-state index in [-0.39, 0.29) is 5.91 Å². The van der Waals surface area contributed by atoms with E-state index in [4.69, 9.17) is 4.52 Å². The van der Waals surface area contributed by atoms with Gasteiger partial charge in [-0.2, -0.15) is 0 Å². The zero-order valence-electron chi connectivity index (χ0n) is 10.9. The van der Waals surface area contributed by atoms with Crippen LogP contribution >= 0.6 is 15.9 Å². The SMILES string of the molecule is O=C(Cc1ccc(Br)cc1)Nc1cc(C2CCC2)no1. The first-order chi connectivity index (χ1) is 9.70. The number of hydrogen-bond donors (Lipinski definition) is 1. The second kappa shape index (κ2) is 5.79. The highest BCUT2D eigenvalue weighted by Crippen LogP contribution is 2.36. The third-order valence-electron chi connectivity index (χ3n) is 3.59. The second-order valence-electron chi connectivity index (χ2n) is 5.10. The quantitative estimate of drug-likeness (QED) is 0.922. The summed E-state index contributed by atoms with van der Waals surface area (Å²) < 4.78 is 6.16. The summed E-state index contributed by atoms with van der Waals surface area (Å²) >= 11 is 3.37. The van der Waals surface area contributed by atoms with E-state index in [1.165, 1.54) is 19.3 Å². The van der Waals surface area contributed by atoms with Crippen LogP contribution in [0.3, 0.4) is 0 Å². The third-order valence-corrected chi connectivity index (χ3v) is 4.12. The van der Waals surface area contributed by atoms with E-state index in [0.717, 1.165) is 15.7 Å². The van der Waals surface area contributed by atoms with Gasteiger partial charge < -0.3 is 4.52 Å². The third kappa shape index (κ3) is 3.10. The molecule has 0 spiro atoms. The minimum absolute atomic E-state index is 0.0939. The molecule has 0 radical (unpaired) electrons. The number of aromatic nitrogens is 1. The number of carbonyl (C=O) groups is 1. The molecule has 0 saturated heterocycles. The van der Waals surface area contributed by atoms with Crippen LogP contribution in [0.25, 0.3) is 0 Å². The first kappa shape index (κ1) is 13.4. The number of carbonyl (C=O) groups excluding carboxylic acids is 1. The van der Waals surface area contributed by atoms with Gasteiger partial charge in [-0.3, -0.25) is 10.1 Å². The number of halogens is 1. The van der Waals surface area contributed by atoms with E-state index in [0.29, 0.717) is 18.2 Å². The van der Waals surface area contributed by atoms with E-state index in [9.17, 15) is 4.79 Å². The van der Waals surface area contributed by atoms with Crippen LogP contribution < -0.4 is 5.32 Å². The van der Waals surface area contributed by atoms with Gasteiger partial charge in [0.2, 0.25) is 11.8 Å². The summed E-state index contributed by atoms with van der Waals surface area (Å²) in [4.78, 5) is 11.9. The van der Waals surface area contributed by atoms with Gasteiger partial charge in [-0.1, -0.05) is 39.6 Å². The van der Waals surface area contributed by atoms with Gasteiger partial charge in [-0.05, 0) is 30.5 Å². The van der Waals surface area contributed by atoms with Gasteiger partial charge in [0.1, 0.15) is 0 Å². The van der Waals surface area contributed by atoms with Crippen molar-refractivity contribution in [2.24, 2.45) is 0 Å². The molecule has 20 heavy (non-hydrogen) atoms. The molecule has 1 aliphatic carbocycles. The van der Waals surface area contributed by atoms with Crippen molar-refractivity contribution in [3.8, 4) is 0 Å². The van der Waals surface area contributed by atoms with E-state index in [1.54, 1.807) is 0 Å². The van der Waals surface area contributed by atoms with Gasteiger partial charge in [-0.25, -0.2) is 0 Å². The number of amides is 1. The fraction of sp³-hybridized carbons (Fsp3) is 0.333. The van der Waals surface area contributed by atoms with Crippen LogP contribution in [0, 0.1) is 0 Å². The summed E-state index contributed by atoms with van der Waals surface area (Å²) in [7, 11) is 0. The Kier molecular flexibility index (Phi) is 3.87. The molecule has 0 atom stereocenters. The zero-order valence-corrected chi connectivity index (χ0v) is 12.5. The van der Waals surface area contributed by atoms with Crippen LogP contribution in [-0.4, -0.2) is 11.1 Å². The van der Waals surface area contributed by atoms with Crippen molar-refractivity contribution in [1.29, 1.82) is 0 Å². The van der Waals surface area contributed by atoms with Crippen molar-refractivity contribution in [2.75, 3.05) is 5.32 Å². The fourth-order valence-corrected chi connectivity index (χ4v) is 2.48. The van der Waals surface area contributed by atoms with Gasteiger partial charge in [0.25, 0.3) is 0 Å². The Morgan fingerprint density at radius 2 is 2.10 bits per heavy atom. The van der Waals surface area contributed by atoms with Crippen molar-refractivity contribution >= 4 is 27.7 Å². The van der Waals surface area contributed by atoms with Crippen molar-refractivity contribution in [2.45, 2.75) is 31.6 Å². The molecule has 4 nitrogen and oxygen atoms in total. The summed E-state index contributed by atoms with van der Waals surface area (Å²) in [5.74, 6) is 0.855. The zero-order chi connectivity index (χ0) is 13.9. The Balaban J connectivity index is 1.58. The lowest BCUT2D eigenvalue weighted by Gasteiger charge is -2.22. The van der Waals surface area contributed by atoms with Crippen LogP contribution in [0.5, 0.6) is 0 Å². The number of nitrogens with one attached hydrogen (secondary N) is 1. The Morgan fingerprint density at radius 1 is 1.35 bits per heavy atom. The Bertz CT molecular complexity index is 603. The van der Waals surface area contributed by atoms with E-state index >= 15 is 0 Å². The first-order valence-electron chi connectivity index (χ1n) is 6.71. The highest BCUT2D eigenvalue weighted by atomic mass is 79.9. The number of benzene rings is 1. The number of anilines is 1. The Hall–Kier alpha value is -1.62. The van der Waals surface area contributed by atoms with Crippen LogP contribution in [-0.2, 0) is 11.2 Å². The van der Waals surface area contributed by atoms with Crippen molar-refractivity contribution in [1.82, 2.24) is 5.16 Å². The van der Waals surface area contributed by atoms with Crippen molar-refractivity contribution < 1.29 is 9.32 Å². The standard InChI is InChI=1S/C15H15BrN2O2/c16-12-6-4-10(5-7-12)8-14(19)17-15-9-13(18-20-15)11-2-1-3-11/h4-7,9,11H,1-3,8H2,(H,17,19). The van der Waals surface area contributed by atoms with Gasteiger partial charge in [0.05, 0.1) is 12.1 Å². The maximum Gasteiger partial charge on any atom is 0.231 e. The molecule has 0 bridgehead atoms. The molecule has 5 heteroatoms. The highest BCUT2D eigenvalue weighted by Gasteiger charge is 2.23. The summed E-state index contributed by atoms with van der Waals surface area (Å²) in [5, 5.41) is 6.76. The molecule has 1 amide bonds. The van der Waals surface area contributed by atoms with Crippen LogP contribution in [0.15, 0.2) is 39.3 Å². The largest absolute Gasteiger partial charge is 0.338 e. The smallest absolute Gasteiger partial charge is 0.231 e. The molecule has 1 N–H and O–H groups in total. The lowest BCUT2D eigenvalue weighted by molar-refractivity contribution is -0.115. The maximum atomic E-state index is 11.9. The average molecular weight is 335 g/mol. The van der Waals surface area contributed by atoms with E-state index in [2.05, 4.69) is 26.4 Å². The van der Waals surface area contributed by atoms with Crippen LogP contribution in [0.1, 0.15) is 36.4 Å². The van der Waals surface area contributed by atoms with Gasteiger partial charge >= 0.3 is 0 Å². The van der Waals surface area contributed by atoms with Gasteiger partial charge in [0.15, 0.2) is 0 Å². The maximum absolute atomic E-state index is 11.9. The summed E-state index contributed by atoms with van der Waals surface area (Å²) in [6, 6.07) is 9.52. The lowest BCUT2D eigenvalue weighted by atomic mass is 9.83. The minimum atomic E-state index is -0.0939. The molecule has 1 aromatic carbocycles. The van der Waals surface area contributed by atoms with Gasteiger partial charge in [0, 0.05) is 16.5 Å². The monoisotopic (exact) mass is 334 g/mol. The number of rotatable bonds is 4. The van der Waals surface area contributed by atoms with Crippen molar-refractivity contribution in [3.05, 3.63) is 46.1 Å². The predicted molar refractivity (Wildman–Crippen MR) is 79.6 cm³/mol. The molecule has 1 heterocycles. The number of hydrogen-bond acceptors (Lipinski definition) is 3. The molecule has 3 rings (SSSR count). The topological polar surface area (TPSA) is 55.1 Å². The van der Waals surface area contributed by atoms with Crippen molar-refractivity contribution in [3.63, 3.8) is 0 Å². The van der Waals surface area contributed by atoms with E-state index < -0.39 is 0 Å². The Labute approximate surface area is 125 Å². The molecular formula is C15H15BrN2O2. The lowest BCUT2D eigenvalue weighted by Crippen LogP contribution is -2.14. The predicted octanol–water partition coefficient (Wildman–Crippen LogP) is 3.89. The Morgan fingerprint density at radius 3 is 2.75 bits per heavy atom. The molecule has 104 valence electrons. The molecule has 1 aliphatic rings. The number of nitrogens with zero attached hydrogens (tertiary/aromatic N) is 1. The molecule has 0 aliphatic heterocycles. The summed E-state index contributed by atoms with van der Waals surface area (Å²) in [5.41, 5.74) is 1.92. The average Bonchev–Trinajstić information content (AvgIpc) is 2.78. The molecule has 1 aromatic heterocycles. The molecular weight excluding hydrogens is 320 g/mol. The molecule has 2 aromatic rings. The van der Waals surface area contributed by atoms with Crippen LogP contribution in [0.2, 0.25) is 0 Å². The molecule has 1 saturated carbocycles. The fourth-order valence-electron chi connectivity index (χ4n) is 2.21. The first-order valence-corrected chi connectivity index (χ1v) is 7.51. The second-order valence-corrected chi connectivity index (χ2v) is 6.01. The minimum Gasteiger partial charge on any atom is -0.338 e.